The van der Waals surface area contributed by atoms with Gasteiger partial charge < -0.3 is 24.4 Å². The van der Waals surface area contributed by atoms with E-state index < -0.39 is 11.8 Å². The van der Waals surface area contributed by atoms with Gasteiger partial charge in [-0.3, -0.25) is 0 Å². The molecule has 2 saturated heterocycles. The fourth-order valence-electron chi connectivity index (χ4n) is 3.45. The zero-order valence-electron chi connectivity index (χ0n) is 15.2. The van der Waals surface area contributed by atoms with Crippen LogP contribution in [0.25, 0.3) is 0 Å². The number of nitrogens with one attached hydrogen (secondary N) is 1. The Morgan fingerprint density at radius 1 is 1.19 bits per heavy atom. The van der Waals surface area contributed by atoms with Crippen molar-refractivity contribution >= 4 is 23.4 Å². The molecule has 0 atom stereocenters. The summed E-state index contributed by atoms with van der Waals surface area (Å²) in [5.41, 5.74) is 1.04. The normalized spacial score (nSPS) is 18.5. The number of hydrogen-bond donors (Lipinski definition) is 1. The van der Waals surface area contributed by atoms with Crippen LogP contribution in [0.5, 0.6) is 0 Å². The monoisotopic (exact) mass is 370 g/mol. The van der Waals surface area contributed by atoms with E-state index in [1.165, 1.54) is 7.11 Å². The summed E-state index contributed by atoms with van der Waals surface area (Å²) in [6.07, 6.45) is 3.33. The second kappa shape index (κ2) is 7.50. The van der Waals surface area contributed by atoms with Crippen molar-refractivity contribution in [2.45, 2.75) is 18.6 Å². The Morgan fingerprint density at radius 3 is 2.67 bits per heavy atom. The highest BCUT2D eigenvalue weighted by Gasteiger charge is 2.40. The van der Waals surface area contributed by atoms with Crippen LogP contribution < -0.4 is 10.2 Å². The molecule has 1 N–H and O–H groups in total. The number of benzene rings is 1. The van der Waals surface area contributed by atoms with Gasteiger partial charge in [0.25, 0.3) is 0 Å². The number of methoxy groups -OCH3 is 1. The molecule has 2 aromatic rings. The number of para-hydroxylation sites is 1. The smallest absolute Gasteiger partial charge is 0.339 e. The summed E-state index contributed by atoms with van der Waals surface area (Å²) < 4.78 is 16.4. The second-order valence-corrected chi connectivity index (χ2v) is 6.50. The van der Waals surface area contributed by atoms with Crippen molar-refractivity contribution in [1.82, 2.24) is 9.97 Å². The Kier molecular flexibility index (Phi) is 4.91. The van der Waals surface area contributed by atoms with Crippen molar-refractivity contribution in [1.29, 1.82) is 0 Å². The van der Waals surface area contributed by atoms with Gasteiger partial charge in [0, 0.05) is 32.1 Å². The van der Waals surface area contributed by atoms with E-state index in [-0.39, 0.29) is 0 Å². The third-order valence-electron chi connectivity index (χ3n) is 4.88. The number of hydrogen-bond acceptors (Lipinski definition) is 8. The van der Waals surface area contributed by atoms with Crippen molar-refractivity contribution < 1.29 is 19.0 Å². The molecule has 0 saturated carbocycles. The van der Waals surface area contributed by atoms with Gasteiger partial charge in [-0.15, -0.1) is 0 Å². The van der Waals surface area contributed by atoms with Crippen molar-refractivity contribution in [3.05, 3.63) is 42.1 Å². The molecule has 1 spiro atoms. The van der Waals surface area contributed by atoms with Gasteiger partial charge in [-0.1, -0.05) is 12.1 Å². The van der Waals surface area contributed by atoms with Crippen LogP contribution in [0, 0.1) is 0 Å². The molecule has 0 radical (unpaired) electrons. The second-order valence-electron chi connectivity index (χ2n) is 6.50. The molecule has 0 bridgehead atoms. The van der Waals surface area contributed by atoms with Crippen LogP contribution in [0.2, 0.25) is 0 Å². The van der Waals surface area contributed by atoms with E-state index in [0.717, 1.165) is 31.7 Å². The molecule has 0 amide bonds. The number of piperidine rings is 1. The summed E-state index contributed by atoms with van der Waals surface area (Å²) in [6.45, 7) is 2.94. The molecule has 1 aromatic heterocycles. The summed E-state index contributed by atoms with van der Waals surface area (Å²) in [6, 6.07) is 8.99. The highest BCUT2D eigenvalue weighted by atomic mass is 16.7. The number of esters is 1. The van der Waals surface area contributed by atoms with Crippen LogP contribution >= 0.6 is 0 Å². The van der Waals surface area contributed by atoms with Gasteiger partial charge in [0.15, 0.2) is 5.79 Å². The summed E-state index contributed by atoms with van der Waals surface area (Å²) in [4.78, 5) is 23.0. The minimum Gasteiger partial charge on any atom is -0.465 e. The Morgan fingerprint density at radius 2 is 1.93 bits per heavy atom. The van der Waals surface area contributed by atoms with Crippen molar-refractivity contribution in [3.8, 4) is 0 Å². The maximum Gasteiger partial charge on any atom is 0.339 e. The number of carbonyl (C=O) groups excluding carboxylic acids is 1. The first kappa shape index (κ1) is 17.7. The Balaban J connectivity index is 1.48. The lowest BCUT2D eigenvalue weighted by Crippen LogP contribution is -2.45. The lowest BCUT2D eigenvalue weighted by Gasteiger charge is -2.38. The lowest BCUT2D eigenvalue weighted by molar-refractivity contribution is -0.169. The molecular weight excluding hydrogens is 348 g/mol. The largest absolute Gasteiger partial charge is 0.465 e. The molecule has 8 nitrogen and oxygen atoms in total. The standard InChI is InChI=1S/C19H22N4O4/c1-25-17(24)14-4-2-3-5-15(14)21-18-20-9-6-16(22-18)23-10-7-19(8-11-23)26-12-13-27-19/h2-6,9H,7-8,10-13H2,1H3,(H,20,21,22). The topological polar surface area (TPSA) is 85.8 Å². The molecule has 8 heteroatoms. The quantitative estimate of drug-likeness (QED) is 0.821. The van der Waals surface area contributed by atoms with E-state index in [2.05, 4.69) is 20.2 Å². The molecule has 0 unspecified atom stereocenters. The van der Waals surface area contributed by atoms with Gasteiger partial charge in [-0.25, -0.2) is 9.78 Å². The van der Waals surface area contributed by atoms with Crippen molar-refractivity contribution in [3.63, 3.8) is 0 Å². The van der Waals surface area contributed by atoms with Crippen LogP contribution in [0.15, 0.2) is 36.5 Å². The zero-order chi connectivity index (χ0) is 18.7. The van der Waals surface area contributed by atoms with E-state index in [1.54, 1.807) is 24.4 Å². The first-order chi connectivity index (χ1) is 13.2. The van der Waals surface area contributed by atoms with Gasteiger partial charge >= 0.3 is 5.97 Å². The number of anilines is 3. The molecule has 3 heterocycles. The summed E-state index contributed by atoms with van der Waals surface area (Å²) in [7, 11) is 1.36. The SMILES string of the molecule is COC(=O)c1ccccc1Nc1nccc(N2CCC3(CC2)OCCO3)n1. The average molecular weight is 370 g/mol. The van der Waals surface area contributed by atoms with Crippen molar-refractivity contribution in [2.75, 3.05) is 43.6 Å². The Hall–Kier alpha value is -2.71. The highest BCUT2D eigenvalue weighted by molar-refractivity contribution is 5.96. The van der Waals surface area contributed by atoms with E-state index in [4.69, 9.17) is 14.2 Å². The predicted molar refractivity (Wildman–Crippen MR) is 99.2 cm³/mol. The Bertz CT molecular complexity index is 813. The number of ether oxygens (including phenoxy) is 3. The van der Waals surface area contributed by atoms with Gasteiger partial charge in [0.05, 0.1) is 31.6 Å². The molecule has 1 aromatic carbocycles. The molecular formula is C19H22N4O4. The summed E-state index contributed by atoms with van der Waals surface area (Å²) in [5, 5.41) is 3.12. The number of carbonyl (C=O) groups is 1. The van der Waals surface area contributed by atoms with Gasteiger partial charge in [-0.2, -0.15) is 4.98 Å². The molecule has 2 aliphatic rings. The van der Waals surface area contributed by atoms with Gasteiger partial charge in [0.1, 0.15) is 5.82 Å². The Labute approximate surface area is 157 Å². The fourth-order valence-corrected chi connectivity index (χ4v) is 3.45. The molecule has 27 heavy (non-hydrogen) atoms. The zero-order valence-corrected chi connectivity index (χ0v) is 15.2. The molecule has 2 aliphatic heterocycles. The summed E-state index contributed by atoms with van der Waals surface area (Å²) in [5.74, 6) is 0.435. The van der Waals surface area contributed by atoms with Crippen LogP contribution in [0.1, 0.15) is 23.2 Å². The first-order valence-electron chi connectivity index (χ1n) is 8.99. The van der Waals surface area contributed by atoms with Gasteiger partial charge in [0.2, 0.25) is 5.95 Å². The third-order valence-corrected chi connectivity index (χ3v) is 4.88. The molecule has 0 aliphatic carbocycles. The molecule has 2 fully saturated rings. The van der Waals surface area contributed by atoms with E-state index in [9.17, 15) is 4.79 Å². The fraction of sp³-hybridized carbons (Fsp3) is 0.421. The van der Waals surface area contributed by atoms with Crippen LogP contribution in [0.3, 0.4) is 0 Å². The first-order valence-corrected chi connectivity index (χ1v) is 8.99. The van der Waals surface area contributed by atoms with Crippen LogP contribution in [-0.4, -0.2) is 55.1 Å². The maximum absolute atomic E-state index is 11.9. The number of rotatable bonds is 4. The minimum absolute atomic E-state index is 0.410. The maximum atomic E-state index is 11.9. The molecule has 142 valence electrons. The average Bonchev–Trinajstić information content (AvgIpc) is 3.16. The predicted octanol–water partition coefficient (Wildman–Crippen LogP) is 2.35. The lowest BCUT2D eigenvalue weighted by atomic mass is 10.0. The van der Waals surface area contributed by atoms with Crippen molar-refractivity contribution in [2.24, 2.45) is 0 Å². The summed E-state index contributed by atoms with van der Waals surface area (Å²) >= 11 is 0. The third kappa shape index (κ3) is 3.72. The van der Waals surface area contributed by atoms with Crippen LogP contribution in [0.4, 0.5) is 17.5 Å². The van der Waals surface area contributed by atoms with Crippen LogP contribution in [-0.2, 0) is 14.2 Å². The molecule has 4 rings (SSSR count). The minimum atomic E-state index is -0.413. The van der Waals surface area contributed by atoms with E-state index in [0.29, 0.717) is 30.4 Å². The highest BCUT2D eigenvalue weighted by Crippen LogP contribution is 2.33. The van der Waals surface area contributed by atoms with E-state index >= 15 is 0 Å². The number of aromatic nitrogens is 2. The number of nitrogens with zero attached hydrogens (tertiary/aromatic N) is 3. The van der Waals surface area contributed by atoms with Gasteiger partial charge in [-0.05, 0) is 18.2 Å². The van der Waals surface area contributed by atoms with E-state index in [1.807, 2.05) is 12.1 Å².